The van der Waals surface area contributed by atoms with Gasteiger partial charge in [0.15, 0.2) is 11.1 Å². The van der Waals surface area contributed by atoms with Gasteiger partial charge in [0.2, 0.25) is 0 Å². The fourth-order valence-corrected chi connectivity index (χ4v) is 1.22. The highest BCUT2D eigenvalue weighted by atomic mass is 32.2. The Kier molecular flexibility index (Phi) is 2.99. The van der Waals surface area contributed by atoms with Gasteiger partial charge in [-0.25, -0.2) is 4.21 Å². The van der Waals surface area contributed by atoms with Gasteiger partial charge in [-0.3, -0.25) is 0 Å². The first kappa shape index (κ1) is 9.40. The van der Waals surface area contributed by atoms with Crippen molar-refractivity contribution in [2.75, 3.05) is 0 Å². The van der Waals surface area contributed by atoms with Crippen LogP contribution in [0.25, 0.3) is 0 Å². The van der Waals surface area contributed by atoms with Crippen molar-refractivity contribution in [1.82, 2.24) is 0 Å². The predicted molar refractivity (Wildman–Crippen MR) is 45.3 cm³/mol. The molecule has 12 heavy (non-hydrogen) atoms. The molecule has 6 heteroatoms. The Bertz CT molecular complexity index is 301. The third kappa shape index (κ3) is 2.15. The van der Waals surface area contributed by atoms with E-state index in [0.29, 0.717) is 0 Å². The molecular formula is C6H7BO4S. The summed E-state index contributed by atoms with van der Waals surface area (Å²) < 4.78 is 19.2. The Labute approximate surface area is 72.3 Å². The van der Waals surface area contributed by atoms with Gasteiger partial charge in [0.25, 0.3) is 0 Å². The van der Waals surface area contributed by atoms with E-state index < -0.39 is 18.2 Å². The molecule has 0 aliphatic carbocycles. The smallest absolute Gasteiger partial charge is 0.423 e. The van der Waals surface area contributed by atoms with Crippen LogP contribution in [0.5, 0.6) is 0 Å². The molecule has 0 spiro atoms. The van der Waals surface area contributed by atoms with E-state index >= 15 is 0 Å². The van der Waals surface area contributed by atoms with Gasteiger partial charge in [0, 0.05) is 0 Å². The summed E-state index contributed by atoms with van der Waals surface area (Å²) in [6.45, 7) is 0. The zero-order chi connectivity index (χ0) is 9.14. The van der Waals surface area contributed by atoms with Crippen LogP contribution in [-0.4, -0.2) is 25.9 Å². The van der Waals surface area contributed by atoms with Crippen molar-refractivity contribution in [3.63, 3.8) is 0 Å². The molecule has 1 rings (SSSR count). The van der Waals surface area contributed by atoms with Gasteiger partial charge in [-0.1, -0.05) is 12.1 Å². The van der Waals surface area contributed by atoms with Crippen LogP contribution in [0, 0.1) is 0 Å². The largest absolute Gasteiger partial charge is 0.488 e. The van der Waals surface area contributed by atoms with Gasteiger partial charge in [0.05, 0.1) is 4.90 Å². The van der Waals surface area contributed by atoms with Crippen molar-refractivity contribution in [3.05, 3.63) is 24.3 Å². The Morgan fingerprint density at radius 2 is 2.00 bits per heavy atom. The SMILES string of the molecule is O=S(O)c1cccc(B(O)O)c1. The summed E-state index contributed by atoms with van der Waals surface area (Å²) in [4.78, 5) is 0.153. The molecule has 1 aromatic rings. The molecule has 1 unspecified atom stereocenters. The second-order valence-corrected chi connectivity index (χ2v) is 3.17. The predicted octanol–water partition coefficient (Wildman–Crippen LogP) is -1.05. The van der Waals surface area contributed by atoms with Crippen molar-refractivity contribution in [2.45, 2.75) is 4.90 Å². The maximum absolute atomic E-state index is 10.5. The monoisotopic (exact) mass is 186 g/mol. The molecule has 0 radical (unpaired) electrons. The van der Waals surface area contributed by atoms with Crippen molar-refractivity contribution in [2.24, 2.45) is 0 Å². The van der Waals surface area contributed by atoms with Crippen LogP contribution in [-0.2, 0) is 11.1 Å². The first-order chi connectivity index (χ1) is 5.61. The summed E-state index contributed by atoms with van der Waals surface area (Å²) in [7, 11) is -1.60. The van der Waals surface area contributed by atoms with Crippen LogP contribution in [0.1, 0.15) is 0 Å². The van der Waals surface area contributed by atoms with Crippen molar-refractivity contribution in [3.8, 4) is 0 Å². The molecule has 0 bridgehead atoms. The van der Waals surface area contributed by atoms with Crippen molar-refractivity contribution >= 4 is 23.7 Å². The molecule has 0 aliphatic rings. The molecule has 1 atom stereocenters. The minimum Gasteiger partial charge on any atom is -0.423 e. The Balaban J connectivity index is 3.04. The highest BCUT2D eigenvalue weighted by molar-refractivity contribution is 7.79. The van der Waals surface area contributed by atoms with Gasteiger partial charge >= 0.3 is 7.12 Å². The molecule has 0 heterocycles. The first-order valence-electron chi connectivity index (χ1n) is 3.18. The van der Waals surface area contributed by atoms with E-state index in [2.05, 4.69) is 0 Å². The lowest BCUT2D eigenvalue weighted by Crippen LogP contribution is -2.29. The lowest BCUT2D eigenvalue weighted by atomic mass is 9.81. The maximum atomic E-state index is 10.5. The Hall–Kier alpha value is -0.685. The lowest BCUT2D eigenvalue weighted by Gasteiger charge is -1.99. The van der Waals surface area contributed by atoms with E-state index in [4.69, 9.17) is 14.6 Å². The summed E-state index contributed by atoms with van der Waals surface area (Å²) in [6.07, 6.45) is 0. The number of hydrogen-bond acceptors (Lipinski definition) is 3. The highest BCUT2D eigenvalue weighted by Gasteiger charge is 2.11. The first-order valence-corrected chi connectivity index (χ1v) is 4.29. The van der Waals surface area contributed by atoms with Crippen LogP contribution < -0.4 is 5.46 Å². The minimum absolute atomic E-state index is 0.153. The summed E-state index contributed by atoms with van der Waals surface area (Å²) in [5, 5.41) is 17.4. The molecule has 1 aromatic carbocycles. The Morgan fingerprint density at radius 1 is 1.33 bits per heavy atom. The van der Waals surface area contributed by atoms with Gasteiger partial charge in [-0.05, 0) is 17.6 Å². The van der Waals surface area contributed by atoms with E-state index in [9.17, 15) is 4.21 Å². The van der Waals surface area contributed by atoms with Crippen LogP contribution in [0.3, 0.4) is 0 Å². The highest BCUT2D eigenvalue weighted by Crippen LogP contribution is 2.00. The molecule has 0 fully saturated rings. The third-order valence-electron chi connectivity index (χ3n) is 1.36. The van der Waals surface area contributed by atoms with Crippen molar-refractivity contribution < 1.29 is 18.8 Å². The number of rotatable bonds is 2. The van der Waals surface area contributed by atoms with Crippen LogP contribution in [0.4, 0.5) is 0 Å². The number of benzene rings is 1. The molecule has 0 aromatic heterocycles. The third-order valence-corrected chi connectivity index (χ3v) is 2.02. The number of hydrogen-bond donors (Lipinski definition) is 3. The van der Waals surface area contributed by atoms with E-state index in [-0.39, 0.29) is 10.4 Å². The maximum Gasteiger partial charge on any atom is 0.488 e. The fraction of sp³-hybridized carbons (Fsp3) is 0. The second kappa shape index (κ2) is 3.82. The van der Waals surface area contributed by atoms with E-state index in [0.717, 1.165) is 0 Å². The van der Waals surface area contributed by atoms with Gasteiger partial charge in [-0.15, -0.1) is 0 Å². The van der Waals surface area contributed by atoms with Crippen LogP contribution in [0.2, 0.25) is 0 Å². The van der Waals surface area contributed by atoms with Crippen LogP contribution in [0.15, 0.2) is 29.2 Å². The Morgan fingerprint density at radius 3 is 2.50 bits per heavy atom. The van der Waals surface area contributed by atoms with E-state index in [1.165, 1.54) is 24.3 Å². The standard InChI is InChI=1S/C6H7BO4S/c8-7(9)5-2-1-3-6(4-5)12(10)11/h1-4,8-9H,(H,10,11). The van der Waals surface area contributed by atoms with Gasteiger partial charge < -0.3 is 14.6 Å². The van der Waals surface area contributed by atoms with Crippen LogP contribution >= 0.6 is 0 Å². The quantitative estimate of drug-likeness (QED) is 0.406. The lowest BCUT2D eigenvalue weighted by molar-refractivity contribution is 0.425. The summed E-state index contributed by atoms with van der Waals surface area (Å²) in [5.41, 5.74) is 0.204. The molecule has 64 valence electrons. The molecule has 0 aliphatic heterocycles. The molecule has 0 saturated carbocycles. The topological polar surface area (TPSA) is 77.8 Å². The minimum atomic E-state index is -2.08. The van der Waals surface area contributed by atoms with Crippen molar-refractivity contribution in [1.29, 1.82) is 0 Å². The molecule has 0 saturated heterocycles. The van der Waals surface area contributed by atoms with Gasteiger partial charge in [0.1, 0.15) is 0 Å². The molecule has 3 N–H and O–H groups in total. The second-order valence-electron chi connectivity index (χ2n) is 2.20. The van der Waals surface area contributed by atoms with E-state index in [1.54, 1.807) is 0 Å². The summed E-state index contributed by atoms with van der Waals surface area (Å²) in [6, 6.07) is 5.64. The summed E-state index contributed by atoms with van der Waals surface area (Å²) in [5.74, 6) is 0. The van der Waals surface area contributed by atoms with E-state index in [1.807, 2.05) is 0 Å². The molecular weight excluding hydrogens is 179 g/mol. The zero-order valence-corrected chi connectivity index (χ0v) is 6.86. The molecule has 0 amide bonds. The fourth-order valence-electron chi connectivity index (χ4n) is 0.784. The average molecular weight is 186 g/mol. The average Bonchev–Trinajstić information content (AvgIpc) is 2.04. The van der Waals surface area contributed by atoms with Gasteiger partial charge in [-0.2, -0.15) is 0 Å². The zero-order valence-electron chi connectivity index (χ0n) is 6.04. The normalized spacial score (nSPS) is 12.6. The molecule has 4 nitrogen and oxygen atoms in total. The summed E-state index contributed by atoms with van der Waals surface area (Å²) >= 11 is -2.08.